The zero-order valence-electron chi connectivity index (χ0n) is 9.37. The summed E-state index contributed by atoms with van der Waals surface area (Å²) in [5, 5.41) is 7.91. The van der Waals surface area contributed by atoms with E-state index >= 15 is 0 Å². The van der Waals surface area contributed by atoms with Crippen molar-refractivity contribution >= 4 is 54.5 Å². The van der Waals surface area contributed by atoms with Gasteiger partial charge in [0.15, 0.2) is 0 Å². The molecule has 0 saturated heterocycles. The van der Waals surface area contributed by atoms with E-state index in [1.807, 2.05) is 11.3 Å². The predicted molar refractivity (Wildman–Crippen MR) is 84.2 cm³/mol. The lowest BCUT2D eigenvalue weighted by Crippen LogP contribution is -2.22. The Kier molecular flexibility index (Phi) is 5.24. The van der Waals surface area contributed by atoms with Crippen LogP contribution in [0.1, 0.15) is 23.4 Å². The first-order valence-electron chi connectivity index (χ1n) is 5.39. The standard InChI is InChI=1S/C12H13Br2NS2/c1-2-15-11(8-3-12(14)17-6-8)5-10-4-9(13)7-16-10/h3-4,6-7,11,15H,2,5H2,1H3. The molecule has 0 aliphatic heterocycles. The molecule has 0 radical (unpaired) electrons. The molecule has 17 heavy (non-hydrogen) atoms. The van der Waals surface area contributed by atoms with E-state index in [9.17, 15) is 0 Å². The smallest absolute Gasteiger partial charge is 0.0701 e. The van der Waals surface area contributed by atoms with Gasteiger partial charge in [-0.1, -0.05) is 6.92 Å². The van der Waals surface area contributed by atoms with Gasteiger partial charge in [0, 0.05) is 27.2 Å². The number of halogens is 2. The van der Waals surface area contributed by atoms with Gasteiger partial charge in [-0.05, 0) is 61.5 Å². The summed E-state index contributed by atoms with van der Waals surface area (Å²) in [6.45, 7) is 3.14. The molecule has 1 unspecified atom stereocenters. The molecule has 1 nitrogen and oxygen atoms in total. The summed E-state index contributed by atoms with van der Waals surface area (Å²) in [6, 6.07) is 4.82. The lowest BCUT2D eigenvalue weighted by atomic mass is 10.1. The summed E-state index contributed by atoms with van der Waals surface area (Å²) < 4.78 is 2.38. The molecule has 2 heterocycles. The van der Waals surface area contributed by atoms with Gasteiger partial charge in [0.1, 0.15) is 0 Å². The molecule has 0 aliphatic carbocycles. The van der Waals surface area contributed by atoms with Crippen molar-refractivity contribution in [3.8, 4) is 0 Å². The van der Waals surface area contributed by atoms with Gasteiger partial charge < -0.3 is 5.32 Å². The third kappa shape index (κ3) is 3.89. The van der Waals surface area contributed by atoms with Crippen molar-refractivity contribution in [1.29, 1.82) is 0 Å². The number of nitrogens with one attached hydrogen (secondary N) is 1. The SMILES string of the molecule is CCNC(Cc1cc(Br)cs1)c1csc(Br)c1. The van der Waals surface area contributed by atoms with Crippen LogP contribution in [0.2, 0.25) is 0 Å². The topological polar surface area (TPSA) is 12.0 Å². The first kappa shape index (κ1) is 13.7. The van der Waals surface area contributed by atoms with Crippen molar-refractivity contribution in [3.05, 3.63) is 41.6 Å². The summed E-state index contributed by atoms with van der Waals surface area (Å²) in [5.41, 5.74) is 1.37. The molecule has 0 amide bonds. The Morgan fingerprint density at radius 3 is 2.59 bits per heavy atom. The maximum absolute atomic E-state index is 3.55. The number of hydrogen-bond acceptors (Lipinski definition) is 3. The average Bonchev–Trinajstić information content (AvgIpc) is 2.87. The van der Waals surface area contributed by atoms with E-state index in [1.54, 1.807) is 11.3 Å². The first-order valence-corrected chi connectivity index (χ1v) is 8.73. The lowest BCUT2D eigenvalue weighted by molar-refractivity contribution is 0.555. The highest BCUT2D eigenvalue weighted by molar-refractivity contribution is 9.11. The van der Waals surface area contributed by atoms with E-state index in [4.69, 9.17) is 0 Å². The van der Waals surface area contributed by atoms with Crippen molar-refractivity contribution in [3.63, 3.8) is 0 Å². The summed E-state index contributed by atoms with van der Waals surface area (Å²) in [4.78, 5) is 1.41. The number of hydrogen-bond donors (Lipinski definition) is 1. The highest BCUT2D eigenvalue weighted by atomic mass is 79.9. The van der Waals surface area contributed by atoms with Crippen molar-refractivity contribution in [2.75, 3.05) is 6.54 Å². The molecular formula is C12H13Br2NS2. The minimum absolute atomic E-state index is 0.410. The third-order valence-corrected chi connectivity index (χ3v) is 5.71. The van der Waals surface area contributed by atoms with E-state index in [-0.39, 0.29) is 0 Å². The van der Waals surface area contributed by atoms with Gasteiger partial charge in [-0.15, -0.1) is 22.7 Å². The lowest BCUT2D eigenvalue weighted by Gasteiger charge is -2.15. The van der Waals surface area contributed by atoms with Crippen molar-refractivity contribution in [1.82, 2.24) is 5.32 Å². The molecule has 0 saturated carbocycles. The normalized spacial score (nSPS) is 12.9. The Hall–Kier alpha value is 0.320. The molecule has 1 atom stereocenters. The molecule has 0 fully saturated rings. The summed E-state index contributed by atoms with van der Waals surface area (Å²) in [5.74, 6) is 0. The molecule has 2 aromatic heterocycles. The molecule has 5 heteroatoms. The average molecular weight is 395 g/mol. The Bertz CT molecular complexity index is 478. The van der Waals surface area contributed by atoms with Crippen LogP contribution in [-0.2, 0) is 6.42 Å². The second kappa shape index (κ2) is 6.48. The minimum Gasteiger partial charge on any atom is -0.310 e. The van der Waals surface area contributed by atoms with Crippen molar-refractivity contribution in [2.45, 2.75) is 19.4 Å². The van der Waals surface area contributed by atoms with Crippen molar-refractivity contribution < 1.29 is 0 Å². The van der Waals surface area contributed by atoms with Crippen LogP contribution in [-0.4, -0.2) is 6.54 Å². The highest BCUT2D eigenvalue weighted by Crippen LogP contribution is 2.29. The molecular weight excluding hydrogens is 382 g/mol. The Balaban J connectivity index is 2.12. The number of likely N-dealkylation sites (N-methyl/N-ethyl adjacent to an activating group) is 1. The van der Waals surface area contributed by atoms with Crippen molar-refractivity contribution in [2.24, 2.45) is 0 Å². The van der Waals surface area contributed by atoms with Gasteiger partial charge in [-0.3, -0.25) is 0 Å². The molecule has 2 aromatic rings. The molecule has 1 N–H and O–H groups in total. The number of thiophene rings is 2. The van der Waals surface area contributed by atoms with Crippen LogP contribution in [0.4, 0.5) is 0 Å². The largest absolute Gasteiger partial charge is 0.310 e. The third-order valence-electron chi connectivity index (χ3n) is 2.47. The van der Waals surface area contributed by atoms with Crippen LogP contribution >= 0.6 is 54.5 Å². The second-order valence-electron chi connectivity index (χ2n) is 3.73. The zero-order chi connectivity index (χ0) is 12.3. The fourth-order valence-electron chi connectivity index (χ4n) is 1.72. The van der Waals surface area contributed by atoms with Crippen LogP contribution in [0.5, 0.6) is 0 Å². The molecule has 0 aliphatic rings. The summed E-state index contributed by atoms with van der Waals surface area (Å²) in [7, 11) is 0. The maximum Gasteiger partial charge on any atom is 0.0701 e. The van der Waals surface area contributed by atoms with Gasteiger partial charge in [-0.25, -0.2) is 0 Å². The minimum atomic E-state index is 0.410. The number of rotatable bonds is 5. The van der Waals surface area contributed by atoms with Gasteiger partial charge in [-0.2, -0.15) is 0 Å². The quantitative estimate of drug-likeness (QED) is 0.732. The van der Waals surface area contributed by atoms with Crippen LogP contribution in [0.15, 0.2) is 31.2 Å². The van der Waals surface area contributed by atoms with Crippen LogP contribution in [0.25, 0.3) is 0 Å². The fraction of sp³-hybridized carbons (Fsp3) is 0.333. The Morgan fingerprint density at radius 2 is 2.06 bits per heavy atom. The van der Waals surface area contributed by atoms with E-state index in [1.165, 1.54) is 18.7 Å². The van der Waals surface area contributed by atoms with Gasteiger partial charge in [0.05, 0.1) is 3.79 Å². The second-order valence-corrected chi connectivity index (χ2v) is 7.93. The zero-order valence-corrected chi connectivity index (χ0v) is 14.2. The Morgan fingerprint density at radius 1 is 1.24 bits per heavy atom. The van der Waals surface area contributed by atoms with Gasteiger partial charge >= 0.3 is 0 Å². The summed E-state index contributed by atoms with van der Waals surface area (Å²) in [6.07, 6.45) is 1.05. The van der Waals surface area contributed by atoms with Gasteiger partial charge in [0.2, 0.25) is 0 Å². The van der Waals surface area contributed by atoms with E-state index in [2.05, 4.69) is 67.0 Å². The fourth-order valence-corrected chi connectivity index (χ4v) is 4.45. The van der Waals surface area contributed by atoms with Gasteiger partial charge in [0.25, 0.3) is 0 Å². The van der Waals surface area contributed by atoms with Crippen LogP contribution < -0.4 is 5.32 Å². The molecule has 0 spiro atoms. The van der Waals surface area contributed by atoms with Crippen LogP contribution in [0.3, 0.4) is 0 Å². The molecule has 0 aromatic carbocycles. The first-order chi connectivity index (χ1) is 8.19. The van der Waals surface area contributed by atoms with E-state index in [0.717, 1.165) is 13.0 Å². The van der Waals surface area contributed by atoms with E-state index < -0.39 is 0 Å². The molecule has 2 rings (SSSR count). The highest BCUT2D eigenvalue weighted by Gasteiger charge is 2.13. The summed E-state index contributed by atoms with van der Waals surface area (Å²) >= 11 is 10.6. The molecule has 0 bridgehead atoms. The maximum atomic E-state index is 3.55. The predicted octanol–water partition coefficient (Wildman–Crippen LogP) is 5.23. The monoisotopic (exact) mass is 393 g/mol. The van der Waals surface area contributed by atoms with E-state index in [0.29, 0.717) is 6.04 Å². The Labute approximate surface area is 127 Å². The molecule has 92 valence electrons. The van der Waals surface area contributed by atoms with Crippen LogP contribution in [0, 0.1) is 0 Å².